The Morgan fingerprint density at radius 3 is 2.37 bits per heavy atom. The highest BCUT2D eigenvalue weighted by Crippen LogP contribution is 2.48. The van der Waals surface area contributed by atoms with Crippen LogP contribution in [0.25, 0.3) is 0 Å². The number of carbonyl (C=O) groups is 4. The van der Waals surface area contributed by atoms with Gasteiger partial charge in [0.25, 0.3) is 5.69 Å². The number of benzene rings is 2. The number of Topliss-reactive ketones (excluding diaryl/α,β-unsaturated/α-hetero) is 1. The van der Waals surface area contributed by atoms with Gasteiger partial charge in [0.05, 0.1) is 29.0 Å². The third kappa shape index (κ3) is 7.67. The van der Waals surface area contributed by atoms with E-state index in [1.54, 1.807) is 11.9 Å². The van der Waals surface area contributed by atoms with E-state index in [2.05, 4.69) is 0 Å². The summed E-state index contributed by atoms with van der Waals surface area (Å²) in [6, 6.07) is 15.0. The predicted octanol–water partition coefficient (Wildman–Crippen LogP) is 4.33. The van der Waals surface area contributed by atoms with Crippen LogP contribution in [0.2, 0.25) is 0 Å². The lowest BCUT2D eigenvalue weighted by atomic mass is 9.74. The zero-order valence-electron chi connectivity index (χ0n) is 27.6. The van der Waals surface area contributed by atoms with E-state index in [1.165, 1.54) is 29.4 Å². The molecule has 5 rings (SSSR count). The number of nitro groups is 1. The average molecular weight is 672 g/mol. The molecule has 1 aromatic heterocycles. The summed E-state index contributed by atoms with van der Waals surface area (Å²) in [4.78, 5) is 78.4. The zero-order chi connectivity index (χ0) is 35.4. The van der Waals surface area contributed by atoms with Crippen molar-refractivity contribution in [3.63, 3.8) is 0 Å². The number of ketones is 1. The Bertz CT molecular complexity index is 1850. The summed E-state index contributed by atoms with van der Waals surface area (Å²) in [5.41, 5.74) is 0.802. The van der Waals surface area contributed by atoms with Crippen molar-refractivity contribution in [1.82, 2.24) is 9.80 Å². The number of β-lactam (4-membered cyclic amide) rings is 1. The van der Waals surface area contributed by atoms with Crippen LogP contribution in [0, 0.1) is 27.9 Å². The normalized spacial score (nSPS) is 18.4. The molecule has 1 amide bonds. The standard InChI is InChI=1S/C36H37N3O10/c1-21(2)31-32-22(3)28(33(38(32)34(31)42)36(44)49-35(43)24-10-12-25(13-11-24)39(45)46)18-37(4)17-26(40)14-15-27-16-29(41)30(20-47-27)48-19-23-8-6-5-7-9-23/h5-13,16,20-22,31-32H,14-15,17-19H2,1-4H3/t22-,31+,32+/m0/s1. The van der Waals surface area contributed by atoms with Crippen LogP contribution in [0.3, 0.4) is 0 Å². The molecule has 13 nitrogen and oxygen atoms in total. The van der Waals surface area contributed by atoms with Crippen molar-refractivity contribution >= 4 is 29.3 Å². The second kappa shape index (κ2) is 14.8. The minimum absolute atomic E-state index is 0.00893. The third-order valence-corrected chi connectivity index (χ3v) is 8.83. The molecule has 0 bridgehead atoms. The van der Waals surface area contributed by atoms with Gasteiger partial charge in [-0.15, -0.1) is 0 Å². The minimum Gasteiger partial charge on any atom is -0.482 e. The number of non-ortho nitro benzene ring substituents is 1. The summed E-state index contributed by atoms with van der Waals surface area (Å²) >= 11 is 0. The van der Waals surface area contributed by atoms with E-state index < -0.39 is 16.9 Å². The maximum atomic E-state index is 13.5. The number of hydrogen-bond acceptors (Lipinski definition) is 11. The molecule has 2 aliphatic rings. The van der Waals surface area contributed by atoms with Gasteiger partial charge in [-0.25, -0.2) is 9.59 Å². The van der Waals surface area contributed by atoms with Gasteiger partial charge in [0.1, 0.15) is 30.1 Å². The number of ether oxygens (including phenoxy) is 2. The molecule has 256 valence electrons. The molecule has 0 spiro atoms. The van der Waals surface area contributed by atoms with E-state index in [-0.39, 0.29) is 96.2 Å². The van der Waals surface area contributed by atoms with Crippen LogP contribution in [0.5, 0.6) is 5.75 Å². The second-order valence-corrected chi connectivity index (χ2v) is 12.7. The van der Waals surface area contributed by atoms with Gasteiger partial charge in [-0.1, -0.05) is 51.1 Å². The topological polar surface area (TPSA) is 167 Å². The SMILES string of the molecule is CC(C)[C@H]1C(=O)N2C(C(=O)OC(=O)c3ccc([N+](=O)[O-])cc3)=C(CN(C)CC(=O)CCc3cc(=O)c(OCc4ccccc4)co3)[C@H](C)[C@H]12. The lowest BCUT2D eigenvalue weighted by Gasteiger charge is -2.47. The van der Waals surface area contributed by atoms with Crippen molar-refractivity contribution in [3.05, 3.63) is 115 Å². The van der Waals surface area contributed by atoms with Crippen LogP contribution in [-0.2, 0) is 32.1 Å². The van der Waals surface area contributed by atoms with Crippen molar-refractivity contribution in [2.45, 2.75) is 46.3 Å². The number of amides is 1. The molecule has 3 heterocycles. The van der Waals surface area contributed by atoms with E-state index in [0.717, 1.165) is 17.7 Å². The summed E-state index contributed by atoms with van der Waals surface area (Å²) < 4.78 is 16.3. The molecule has 0 aliphatic carbocycles. The van der Waals surface area contributed by atoms with Gasteiger partial charge in [-0.2, -0.15) is 0 Å². The monoisotopic (exact) mass is 671 g/mol. The maximum absolute atomic E-state index is 13.5. The van der Waals surface area contributed by atoms with E-state index in [4.69, 9.17) is 13.9 Å². The highest BCUT2D eigenvalue weighted by atomic mass is 16.6. The highest BCUT2D eigenvalue weighted by molar-refractivity contribution is 6.06. The average Bonchev–Trinajstić information content (AvgIpc) is 3.30. The van der Waals surface area contributed by atoms with E-state index in [9.17, 15) is 34.1 Å². The van der Waals surface area contributed by atoms with Crippen LogP contribution >= 0.6 is 0 Å². The summed E-state index contributed by atoms with van der Waals surface area (Å²) in [5, 5.41) is 11.0. The largest absolute Gasteiger partial charge is 0.482 e. The number of nitro benzene ring substituents is 1. The van der Waals surface area contributed by atoms with E-state index in [0.29, 0.717) is 11.3 Å². The Kier molecular flexibility index (Phi) is 10.5. The molecule has 2 aromatic carbocycles. The van der Waals surface area contributed by atoms with Crippen LogP contribution < -0.4 is 10.2 Å². The number of esters is 2. The van der Waals surface area contributed by atoms with E-state index >= 15 is 0 Å². The Morgan fingerprint density at radius 1 is 1.04 bits per heavy atom. The maximum Gasteiger partial charge on any atom is 0.362 e. The Hall–Kier alpha value is -5.43. The molecule has 0 unspecified atom stereocenters. The van der Waals surface area contributed by atoms with Gasteiger partial charge in [0.2, 0.25) is 17.1 Å². The van der Waals surface area contributed by atoms with Crippen LogP contribution in [0.1, 0.15) is 48.9 Å². The van der Waals surface area contributed by atoms with Gasteiger partial charge in [-0.3, -0.25) is 29.4 Å². The molecular formula is C36H37N3O10. The summed E-state index contributed by atoms with van der Waals surface area (Å²) in [6.07, 6.45) is 1.53. The van der Waals surface area contributed by atoms with Gasteiger partial charge < -0.3 is 18.8 Å². The first-order valence-electron chi connectivity index (χ1n) is 15.9. The van der Waals surface area contributed by atoms with Crippen molar-refractivity contribution in [1.29, 1.82) is 0 Å². The van der Waals surface area contributed by atoms with E-state index in [1.807, 2.05) is 51.1 Å². The van der Waals surface area contributed by atoms with Crippen molar-refractivity contribution < 1.29 is 38.0 Å². The van der Waals surface area contributed by atoms with Gasteiger partial charge in [0.15, 0.2) is 0 Å². The van der Waals surface area contributed by atoms with Gasteiger partial charge in [0, 0.05) is 43.5 Å². The zero-order valence-corrected chi connectivity index (χ0v) is 27.6. The molecule has 0 saturated carbocycles. The van der Waals surface area contributed by atoms with Crippen molar-refractivity contribution in [3.8, 4) is 5.75 Å². The number of likely N-dealkylation sites (N-methyl/N-ethyl adjacent to an activating group) is 1. The number of aryl methyl sites for hydroxylation is 1. The second-order valence-electron chi connectivity index (χ2n) is 12.7. The quantitative estimate of drug-likeness (QED) is 0.0787. The molecule has 2 aliphatic heterocycles. The number of hydrogen-bond donors (Lipinski definition) is 0. The number of carbonyl (C=O) groups excluding carboxylic acids is 4. The third-order valence-electron chi connectivity index (χ3n) is 8.83. The summed E-state index contributed by atoms with van der Waals surface area (Å²) in [5.74, 6) is -2.55. The van der Waals surface area contributed by atoms with Crippen molar-refractivity contribution in [2.75, 3.05) is 20.1 Å². The van der Waals surface area contributed by atoms with Crippen molar-refractivity contribution in [2.24, 2.45) is 17.8 Å². The van der Waals surface area contributed by atoms with Crippen LogP contribution in [-0.4, -0.2) is 64.5 Å². The molecule has 1 fully saturated rings. The lowest BCUT2D eigenvalue weighted by Crippen LogP contribution is -2.62. The molecule has 13 heteroatoms. The molecule has 3 atom stereocenters. The number of fused-ring (bicyclic) bond motifs is 1. The first-order chi connectivity index (χ1) is 23.3. The molecule has 0 radical (unpaired) electrons. The van der Waals surface area contributed by atoms with Crippen LogP contribution in [0.15, 0.2) is 87.4 Å². The molecular weight excluding hydrogens is 634 g/mol. The number of nitrogens with zero attached hydrogens (tertiary/aromatic N) is 3. The Morgan fingerprint density at radius 2 is 1.73 bits per heavy atom. The Balaban J connectivity index is 1.23. The highest BCUT2D eigenvalue weighted by Gasteiger charge is 2.59. The minimum atomic E-state index is -1.01. The fraction of sp³-hybridized carbons (Fsp3) is 0.361. The predicted molar refractivity (Wildman–Crippen MR) is 175 cm³/mol. The van der Waals surface area contributed by atoms with Gasteiger partial charge in [-0.05, 0) is 36.2 Å². The summed E-state index contributed by atoms with van der Waals surface area (Å²) in [7, 11) is 1.71. The first kappa shape index (κ1) is 34.9. The number of rotatable bonds is 14. The smallest absolute Gasteiger partial charge is 0.362 e. The molecule has 3 aromatic rings. The first-order valence-corrected chi connectivity index (χ1v) is 15.9. The fourth-order valence-electron chi connectivity index (χ4n) is 6.34. The van der Waals surface area contributed by atoms with Gasteiger partial charge >= 0.3 is 11.9 Å². The van der Waals surface area contributed by atoms with Crippen LogP contribution in [0.4, 0.5) is 5.69 Å². The Labute approximate surface area is 282 Å². The fourth-order valence-corrected chi connectivity index (χ4v) is 6.34. The molecule has 1 saturated heterocycles. The molecule has 0 N–H and O–H groups in total. The molecule has 49 heavy (non-hydrogen) atoms. The lowest BCUT2D eigenvalue weighted by molar-refractivity contribution is -0.384. The summed E-state index contributed by atoms with van der Waals surface area (Å²) in [6.45, 7) is 6.13.